The minimum absolute atomic E-state index is 0.0576. The third kappa shape index (κ3) is 2.16. The van der Waals surface area contributed by atoms with Crippen molar-refractivity contribution in [2.24, 2.45) is 17.3 Å². The molecule has 5 heteroatoms. The Morgan fingerprint density at radius 2 is 1.71 bits per heavy atom. The fourth-order valence-corrected chi connectivity index (χ4v) is 6.79. The van der Waals surface area contributed by atoms with E-state index in [1.54, 1.807) is 6.33 Å². The van der Waals surface area contributed by atoms with Gasteiger partial charge in [0.1, 0.15) is 12.7 Å². The quantitative estimate of drug-likeness (QED) is 0.838. The number of amides is 1. The van der Waals surface area contributed by atoms with Crippen molar-refractivity contribution in [3.05, 3.63) is 12.7 Å². The largest absolute Gasteiger partial charge is 0.342 e. The third-order valence-corrected chi connectivity index (χ3v) is 7.28. The second-order valence-corrected chi connectivity index (χ2v) is 9.01. The van der Waals surface area contributed by atoms with E-state index < -0.39 is 0 Å². The molecule has 0 radical (unpaired) electrons. The van der Waals surface area contributed by atoms with Gasteiger partial charge in [-0.15, -0.1) is 0 Å². The zero-order valence-electron chi connectivity index (χ0n) is 14.5. The maximum Gasteiger partial charge on any atom is 0.228 e. The molecule has 0 spiro atoms. The van der Waals surface area contributed by atoms with Crippen molar-refractivity contribution in [1.82, 2.24) is 19.7 Å². The zero-order valence-corrected chi connectivity index (χ0v) is 14.5. The van der Waals surface area contributed by atoms with Gasteiger partial charge in [0.2, 0.25) is 5.91 Å². The molecule has 5 aliphatic rings. The summed E-state index contributed by atoms with van der Waals surface area (Å²) in [5, 5.41) is 4.50. The van der Waals surface area contributed by atoms with Crippen LogP contribution >= 0.6 is 0 Å². The Balaban J connectivity index is 1.48. The number of carbonyl (C=O) groups is 1. The predicted molar refractivity (Wildman–Crippen MR) is 90.2 cm³/mol. The first-order chi connectivity index (χ1) is 11.7. The van der Waals surface area contributed by atoms with Gasteiger partial charge in [0.05, 0.1) is 11.0 Å². The molecule has 1 saturated heterocycles. The van der Waals surface area contributed by atoms with E-state index in [2.05, 4.69) is 19.7 Å². The first-order valence-electron chi connectivity index (χ1n) is 9.84. The highest BCUT2D eigenvalue weighted by molar-refractivity contribution is 5.83. The van der Waals surface area contributed by atoms with Gasteiger partial charge in [-0.1, -0.05) is 12.8 Å². The molecule has 5 fully saturated rings. The average molecular weight is 328 g/mol. The minimum Gasteiger partial charge on any atom is -0.342 e. The van der Waals surface area contributed by atoms with E-state index in [0.717, 1.165) is 32.4 Å². The van der Waals surface area contributed by atoms with Crippen LogP contribution in [0.4, 0.5) is 0 Å². The summed E-state index contributed by atoms with van der Waals surface area (Å²) >= 11 is 0. The maximum atomic E-state index is 13.6. The van der Waals surface area contributed by atoms with Crippen LogP contribution in [0.25, 0.3) is 0 Å². The number of likely N-dealkylation sites (tertiary alicyclic amines) is 1. The molecule has 4 aliphatic carbocycles. The molecule has 0 N–H and O–H groups in total. The summed E-state index contributed by atoms with van der Waals surface area (Å²) in [5.74, 6) is 1.88. The van der Waals surface area contributed by atoms with E-state index in [-0.39, 0.29) is 11.0 Å². The van der Waals surface area contributed by atoms with Crippen LogP contribution in [0.15, 0.2) is 12.7 Å². The monoisotopic (exact) mass is 328 g/mol. The molecule has 1 aromatic rings. The van der Waals surface area contributed by atoms with Crippen LogP contribution < -0.4 is 0 Å². The van der Waals surface area contributed by atoms with Crippen molar-refractivity contribution in [2.45, 2.75) is 69.7 Å². The van der Waals surface area contributed by atoms with Crippen molar-refractivity contribution in [3.63, 3.8) is 0 Å². The molecule has 1 aromatic heterocycles. The summed E-state index contributed by atoms with van der Waals surface area (Å²) in [4.78, 5) is 20.0. The Hall–Kier alpha value is -1.39. The first-order valence-corrected chi connectivity index (χ1v) is 9.84. The second kappa shape index (κ2) is 5.30. The molecule has 4 saturated carbocycles. The third-order valence-electron chi connectivity index (χ3n) is 7.28. The summed E-state index contributed by atoms with van der Waals surface area (Å²) in [5.41, 5.74) is -0.0531. The molecule has 4 bridgehead atoms. The van der Waals surface area contributed by atoms with Gasteiger partial charge in [0, 0.05) is 13.1 Å². The van der Waals surface area contributed by atoms with Crippen molar-refractivity contribution in [2.75, 3.05) is 13.1 Å². The average Bonchev–Trinajstić information content (AvgIpc) is 2.97. The molecular formula is C19H28N4O. The Morgan fingerprint density at radius 3 is 2.33 bits per heavy atom. The van der Waals surface area contributed by atoms with Crippen molar-refractivity contribution < 1.29 is 4.79 Å². The summed E-state index contributed by atoms with van der Waals surface area (Å²) in [7, 11) is 0. The van der Waals surface area contributed by atoms with Crippen LogP contribution in [0.3, 0.4) is 0 Å². The van der Waals surface area contributed by atoms with Gasteiger partial charge in [0.15, 0.2) is 0 Å². The fraction of sp³-hybridized carbons (Fsp3) is 0.842. The second-order valence-electron chi connectivity index (χ2n) is 9.01. The van der Waals surface area contributed by atoms with Gasteiger partial charge in [-0.05, 0) is 63.2 Å². The van der Waals surface area contributed by atoms with E-state index in [0.29, 0.717) is 17.7 Å². The molecule has 1 aliphatic heterocycles. The topological polar surface area (TPSA) is 51.0 Å². The normalized spacial score (nSPS) is 41.4. The van der Waals surface area contributed by atoms with Crippen molar-refractivity contribution >= 4 is 5.91 Å². The first kappa shape index (κ1) is 14.9. The van der Waals surface area contributed by atoms with Crippen LogP contribution in [-0.2, 0) is 10.3 Å². The number of carbonyl (C=O) groups excluding carboxylic acids is 1. The number of hydrogen-bond donors (Lipinski definition) is 0. The standard InChI is InChI=1S/C19H28N4O/c24-17(22-5-3-1-2-4-6-22)18-8-15-7-16(9-18)11-19(10-15,12-18)23-14-20-13-21-23/h13-16H,1-12H2. The lowest BCUT2D eigenvalue weighted by Gasteiger charge is -2.61. The van der Waals surface area contributed by atoms with E-state index in [1.807, 2.05) is 6.33 Å². The van der Waals surface area contributed by atoms with Crippen LogP contribution in [0, 0.1) is 17.3 Å². The highest BCUT2D eigenvalue weighted by Gasteiger charge is 2.62. The highest BCUT2D eigenvalue weighted by Crippen LogP contribution is 2.64. The SMILES string of the molecule is O=C(N1CCCCCC1)C12CC3CC(C1)CC(n1cncn1)(C3)C2. The Labute approximate surface area is 143 Å². The summed E-state index contributed by atoms with van der Waals surface area (Å²) in [6.45, 7) is 1.96. The minimum atomic E-state index is -0.111. The molecule has 2 heterocycles. The van der Waals surface area contributed by atoms with Gasteiger partial charge < -0.3 is 4.90 Å². The molecule has 1 amide bonds. The molecule has 5 nitrogen and oxygen atoms in total. The summed E-state index contributed by atoms with van der Waals surface area (Å²) in [6, 6.07) is 0. The van der Waals surface area contributed by atoms with Crippen molar-refractivity contribution in [3.8, 4) is 0 Å². The van der Waals surface area contributed by atoms with Crippen LogP contribution in [0.5, 0.6) is 0 Å². The van der Waals surface area contributed by atoms with E-state index in [1.165, 1.54) is 44.9 Å². The predicted octanol–water partition coefficient (Wildman–Crippen LogP) is 2.98. The molecule has 6 rings (SSSR count). The number of hydrogen-bond acceptors (Lipinski definition) is 3. The number of nitrogens with zero attached hydrogens (tertiary/aromatic N) is 4. The molecule has 0 aromatic carbocycles. The lowest BCUT2D eigenvalue weighted by Crippen LogP contribution is -2.61. The van der Waals surface area contributed by atoms with Crippen LogP contribution in [0.2, 0.25) is 0 Å². The number of aromatic nitrogens is 3. The van der Waals surface area contributed by atoms with E-state index >= 15 is 0 Å². The summed E-state index contributed by atoms with van der Waals surface area (Å²) < 4.78 is 2.11. The molecule has 2 unspecified atom stereocenters. The van der Waals surface area contributed by atoms with Gasteiger partial charge in [-0.25, -0.2) is 9.67 Å². The Kier molecular flexibility index (Phi) is 3.29. The van der Waals surface area contributed by atoms with E-state index in [4.69, 9.17) is 0 Å². The molecular weight excluding hydrogens is 300 g/mol. The number of rotatable bonds is 2. The Bertz CT molecular complexity index is 603. The van der Waals surface area contributed by atoms with Gasteiger partial charge in [-0.3, -0.25) is 4.79 Å². The lowest BCUT2D eigenvalue weighted by atomic mass is 9.46. The lowest BCUT2D eigenvalue weighted by molar-refractivity contribution is -0.166. The molecule has 24 heavy (non-hydrogen) atoms. The van der Waals surface area contributed by atoms with Gasteiger partial charge in [0.25, 0.3) is 0 Å². The summed E-state index contributed by atoms with van der Waals surface area (Å²) in [6.07, 6.45) is 15.4. The van der Waals surface area contributed by atoms with Gasteiger partial charge >= 0.3 is 0 Å². The zero-order chi connectivity index (χ0) is 16.2. The molecule has 130 valence electrons. The smallest absolute Gasteiger partial charge is 0.228 e. The van der Waals surface area contributed by atoms with Crippen LogP contribution in [0.1, 0.15) is 64.2 Å². The van der Waals surface area contributed by atoms with Crippen molar-refractivity contribution in [1.29, 1.82) is 0 Å². The highest BCUT2D eigenvalue weighted by atomic mass is 16.2. The Morgan fingerprint density at radius 1 is 1.00 bits per heavy atom. The maximum absolute atomic E-state index is 13.6. The van der Waals surface area contributed by atoms with E-state index in [9.17, 15) is 4.79 Å². The molecule has 2 atom stereocenters. The van der Waals surface area contributed by atoms with Crippen LogP contribution in [-0.4, -0.2) is 38.7 Å². The fourth-order valence-electron chi connectivity index (χ4n) is 6.79. The van der Waals surface area contributed by atoms with Gasteiger partial charge in [-0.2, -0.15) is 5.10 Å².